The second-order valence-corrected chi connectivity index (χ2v) is 5.61. The molecule has 0 atom stereocenters. The summed E-state index contributed by atoms with van der Waals surface area (Å²) in [5, 5.41) is 22.9. The number of aryl methyl sites for hydroxylation is 1. The fraction of sp³-hybridized carbons (Fsp3) is 0.316. The summed E-state index contributed by atoms with van der Waals surface area (Å²) >= 11 is 0. The number of allylic oxidation sites excluding steroid dienone is 4. The lowest BCUT2D eigenvalue weighted by Gasteiger charge is -2.16. The molecule has 0 spiro atoms. The Morgan fingerprint density at radius 2 is 2.04 bits per heavy atom. The van der Waals surface area contributed by atoms with Gasteiger partial charge in [-0.2, -0.15) is 5.26 Å². The maximum Gasteiger partial charge on any atom is 0.101 e. The summed E-state index contributed by atoms with van der Waals surface area (Å²) in [5.41, 5.74) is 4.81. The van der Waals surface area contributed by atoms with Gasteiger partial charge >= 0.3 is 0 Å². The van der Waals surface area contributed by atoms with Gasteiger partial charge in [-0.25, -0.2) is 0 Å². The molecule has 1 heterocycles. The van der Waals surface area contributed by atoms with Crippen LogP contribution in [0.1, 0.15) is 39.0 Å². The summed E-state index contributed by atoms with van der Waals surface area (Å²) in [6, 6.07) is 4.32. The van der Waals surface area contributed by atoms with Crippen LogP contribution in [0.25, 0.3) is 5.70 Å². The molecule has 1 aromatic rings. The van der Waals surface area contributed by atoms with Crippen molar-refractivity contribution in [2.24, 2.45) is 0 Å². The third-order valence-corrected chi connectivity index (χ3v) is 3.30. The molecule has 0 aliphatic heterocycles. The van der Waals surface area contributed by atoms with Crippen LogP contribution in [0, 0.1) is 23.7 Å². The van der Waals surface area contributed by atoms with Gasteiger partial charge in [-0.05, 0) is 52.3 Å². The maximum atomic E-state index is 8.97. The zero-order valence-electron chi connectivity index (χ0n) is 14.9. The van der Waals surface area contributed by atoms with Gasteiger partial charge in [-0.1, -0.05) is 12.2 Å². The largest absolute Gasteiger partial charge is 0.383 e. The average Bonchev–Trinajstić information content (AvgIpc) is 2.57. The monoisotopic (exact) mass is 323 g/mol. The number of nitrogens with zero attached hydrogens (tertiary/aromatic N) is 2. The topological polar surface area (TPSA) is 84.6 Å². The smallest absolute Gasteiger partial charge is 0.101 e. The Labute approximate surface area is 144 Å². The van der Waals surface area contributed by atoms with Gasteiger partial charge in [0.05, 0.1) is 17.0 Å². The summed E-state index contributed by atoms with van der Waals surface area (Å²) in [6.45, 7) is 10.0. The predicted molar refractivity (Wildman–Crippen MR) is 101 cm³/mol. The molecule has 5 nitrogen and oxygen atoms in total. The van der Waals surface area contributed by atoms with Crippen molar-refractivity contribution in [3.05, 3.63) is 53.0 Å². The van der Waals surface area contributed by atoms with E-state index in [1.807, 2.05) is 51.3 Å². The highest BCUT2D eigenvalue weighted by Gasteiger charge is 2.08. The third-order valence-electron chi connectivity index (χ3n) is 3.30. The number of pyridine rings is 1. The molecule has 0 saturated carbocycles. The minimum Gasteiger partial charge on any atom is -0.383 e. The first-order valence-corrected chi connectivity index (χ1v) is 7.90. The molecule has 0 fully saturated rings. The van der Waals surface area contributed by atoms with Crippen LogP contribution < -0.4 is 10.6 Å². The van der Waals surface area contributed by atoms with Crippen molar-refractivity contribution >= 4 is 17.6 Å². The van der Waals surface area contributed by atoms with Crippen molar-refractivity contribution in [3.63, 3.8) is 0 Å². The second kappa shape index (κ2) is 9.31. The first kappa shape index (κ1) is 19.2. The normalized spacial score (nSPS) is 12.8. The van der Waals surface area contributed by atoms with Gasteiger partial charge in [0.15, 0.2) is 0 Å². The Kier molecular flexibility index (Phi) is 7.44. The van der Waals surface area contributed by atoms with Crippen LogP contribution in [0.3, 0.4) is 0 Å². The Morgan fingerprint density at radius 1 is 1.33 bits per heavy atom. The molecule has 1 aromatic heterocycles. The van der Waals surface area contributed by atoms with E-state index in [2.05, 4.69) is 29.5 Å². The third kappa shape index (κ3) is 5.40. The molecule has 5 heteroatoms. The predicted octanol–water partition coefficient (Wildman–Crippen LogP) is 4.16. The lowest BCUT2D eigenvalue weighted by atomic mass is 10.1. The van der Waals surface area contributed by atoms with Gasteiger partial charge in [0.25, 0.3) is 0 Å². The van der Waals surface area contributed by atoms with Crippen molar-refractivity contribution < 1.29 is 0 Å². The van der Waals surface area contributed by atoms with Gasteiger partial charge in [-0.3, -0.25) is 4.98 Å². The Morgan fingerprint density at radius 3 is 2.54 bits per heavy atom. The standard InChI is InChI=1S/C19H25N5/c1-6-16(8-15(10-20)11-21)24-17(7-2)19-9-18(23-13(3)4)14(5)12-22-19/h6-10,12-13,20,24H,1-5H3,(H,22,23)/b15-8+,16-6-,17-7-,20-10?. The van der Waals surface area contributed by atoms with Crippen molar-refractivity contribution in [1.29, 1.82) is 10.7 Å². The van der Waals surface area contributed by atoms with Gasteiger partial charge in [-0.15, -0.1) is 0 Å². The number of aromatic nitrogens is 1. The zero-order valence-corrected chi connectivity index (χ0v) is 14.9. The fourth-order valence-electron chi connectivity index (χ4n) is 2.04. The number of anilines is 1. The first-order valence-electron chi connectivity index (χ1n) is 7.90. The van der Waals surface area contributed by atoms with E-state index in [4.69, 9.17) is 10.7 Å². The van der Waals surface area contributed by atoms with Crippen LogP contribution in [-0.2, 0) is 0 Å². The first-order chi connectivity index (χ1) is 11.4. The van der Waals surface area contributed by atoms with Crippen LogP contribution in [0.5, 0.6) is 0 Å². The Balaban J connectivity index is 3.13. The van der Waals surface area contributed by atoms with Crippen molar-refractivity contribution in [2.45, 2.75) is 40.7 Å². The van der Waals surface area contributed by atoms with E-state index >= 15 is 0 Å². The highest BCUT2D eigenvalue weighted by Crippen LogP contribution is 2.20. The quantitative estimate of drug-likeness (QED) is 0.399. The van der Waals surface area contributed by atoms with Crippen LogP contribution in [-0.4, -0.2) is 17.2 Å². The lowest BCUT2D eigenvalue weighted by Crippen LogP contribution is -2.14. The molecule has 3 N–H and O–H groups in total. The highest BCUT2D eigenvalue weighted by atomic mass is 14.9. The van der Waals surface area contributed by atoms with Crippen LogP contribution in [0.2, 0.25) is 0 Å². The molecule has 0 unspecified atom stereocenters. The Bertz CT molecular complexity index is 718. The molecule has 24 heavy (non-hydrogen) atoms. The SMILES string of the molecule is C/C=C(/C=C(/C#N)C=N)N/C(=C\C)c1cc(NC(C)C)c(C)cn1. The van der Waals surface area contributed by atoms with Crippen molar-refractivity contribution in [1.82, 2.24) is 10.3 Å². The van der Waals surface area contributed by atoms with E-state index in [9.17, 15) is 0 Å². The van der Waals surface area contributed by atoms with Gasteiger partial charge in [0, 0.05) is 29.8 Å². The molecule has 0 amide bonds. The lowest BCUT2D eigenvalue weighted by molar-refractivity contribution is 0.895. The van der Waals surface area contributed by atoms with E-state index in [1.54, 1.807) is 6.08 Å². The van der Waals surface area contributed by atoms with Gasteiger partial charge in [0.2, 0.25) is 0 Å². The summed E-state index contributed by atoms with van der Waals surface area (Å²) in [7, 11) is 0. The van der Waals surface area contributed by atoms with Gasteiger partial charge in [0.1, 0.15) is 6.07 Å². The zero-order chi connectivity index (χ0) is 18.1. The number of nitrogens with one attached hydrogen (secondary N) is 3. The number of nitriles is 1. The summed E-state index contributed by atoms with van der Waals surface area (Å²) in [4.78, 5) is 4.50. The van der Waals surface area contributed by atoms with E-state index in [0.29, 0.717) is 6.04 Å². The summed E-state index contributed by atoms with van der Waals surface area (Å²) < 4.78 is 0. The molecule has 0 radical (unpaired) electrons. The molecule has 0 aliphatic rings. The summed E-state index contributed by atoms with van der Waals surface area (Å²) in [6.07, 6.45) is 8.30. The molecule has 0 saturated heterocycles. The minimum absolute atomic E-state index is 0.282. The van der Waals surface area contributed by atoms with E-state index in [1.165, 1.54) is 0 Å². The van der Waals surface area contributed by atoms with Crippen LogP contribution >= 0.6 is 0 Å². The van der Waals surface area contributed by atoms with E-state index < -0.39 is 0 Å². The molecular weight excluding hydrogens is 298 g/mol. The molecule has 1 rings (SSSR count). The Hall–Kier alpha value is -2.87. The maximum absolute atomic E-state index is 8.97. The number of hydrogen-bond acceptors (Lipinski definition) is 5. The molecular formula is C19H25N5. The average molecular weight is 323 g/mol. The van der Waals surface area contributed by atoms with Gasteiger partial charge < -0.3 is 16.0 Å². The van der Waals surface area contributed by atoms with Crippen LogP contribution in [0.4, 0.5) is 5.69 Å². The molecule has 126 valence electrons. The number of rotatable bonds is 7. The fourth-order valence-corrected chi connectivity index (χ4v) is 2.04. The molecule has 0 aliphatic carbocycles. The second-order valence-electron chi connectivity index (χ2n) is 5.61. The van der Waals surface area contributed by atoms with E-state index in [-0.39, 0.29) is 5.57 Å². The summed E-state index contributed by atoms with van der Waals surface area (Å²) in [5.74, 6) is 0. The minimum atomic E-state index is 0.282. The van der Waals surface area contributed by atoms with Crippen molar-refractivity contribution in [3.8, 4) is 6.07 Å². The highest BCUT2D eigenvalue weighted by molar-refractivity contribution is 5.82. The number of hydrogen-bond donors (Lipinski definition) is 3. The van der Waals surface area contributed by atoms with Crippen LogP contribution in [0.15, 0.2) is 41.8 Å². The van der Waals surface area contributed by atoms with E-state index in [0.717, 1.165) is 34.6 Å². The van der Waals surface area contributed by atoms with Crippen molar-refractivity contribution in [2.75, 3.05) is 5.32 Å². The molecule has 0 bridgehead atoms. The molecule has 0 aromatic carbocycles.